The number of H-pyrrole nitrogens is 1. The minimum absolute atomic E-state index is 0.0405. The van der Waals surface area contributed by atoms with Crippen molar-refractivity contribution in [3.05, 3.63) is 85.4 Å². The van der Waals surface area contributed by atoms with Gasteiger partial charge in [-0.3, -0.25) is 19.2 Å². The van der Waals surface area contributed by atoms with Crippen LogP contribution in [0.2, 0.25) is 5.02 Å². The van der Waals surface area contributed by atoms with Crippen LogP contribution in [0.15, 0.2) is 52.2 Å². The fourth-order valence-electron chi connectivity index (χ4n) is 4.29. The first-order valence-corrected chi connectivity index (χ1v) is 11.6. The molecule has 1 saturated heterocycles. The Morgan fingerprint density at radius 3 is 2.82 bits per heavy atom. The number of aromatic amines is 1. The molecule has 34 heavy (non-hydrogen) atoms. The van der Waals surface area contributed by atoms with Gasteiger partial charge in [0.15, 0.2) is 11.5 Å². The minimum Gasteiger partial charge on any atom is -0.490 e. The third kappa shape index (κ3) is 5.51. The number of para-hydroxylation sites is 1. The average molecular weight is 488 g/mol. The highest BCUT2D eigenvalue weighted by Gasteiger charge is 2.24. The van der Waals surface area contributed by atoms with Crippen molar-refractivity contribution < 1.29 is 13.9 Å². The highest BCUT2D eigenvalue weighted by molar-refractivity contribution is 6.30. The lowest BCUT2D eigenvalue weighted by atomic mass is 10.0. The van der Waals surface area contributed by atoms with Gasteiger partial charge in [0.2, 0.25) is 0 Å². The standard InChI is InChI=1S/C25H27ClFN3O4/c1-3-33-23-17(6-4-8-22(23)34-21-11-18(26)10-19(27)12-21)14-29-9-5-7-20(15-29)30-13-16(2)24(31)28-25(30)32/h4,6,8,10-13,20H,3,5,7,9,14-15H2,1-2H3,(H,28,31,32)/t20-/m0/s1. The molecular formula is C25H27ClFN3O4. The molecule has 0 saturated carbocycles. The van der Waals surface area contributed by atoms with Crippen molar-refractivity contribution in [1.82, 2.24) is 14.5 Å². The molecule has 1 N–H and O–H groups in total. The van der Waals surface area contributed by atoms with E-state index in [1.165, 1.54) is 12.1 Å². The molecule has 0 amide bonds. The molecule has 1 fully saturated rings. The summed E-state index contributed by atoms with van der Waals surface area (Å²) in [6, 6.07) is 9.60. The summed E-state index contributed by atoms with van der Waals surface area (Å²) < 4.78 is 27.3. The smallest absolute Gasteiger partial charge is 0.328 e. The van der Waals surface area contributed by atoms with E-state index in [-0.39, 0.29) is 28.1 Å². The Morgan fingerprint density at radius 2 is 2.06 bits per heavy atom. The van der Waals surface area contributed by atoms with Gasteiger partial charge in [0.05, 0.1) is 12.6 Å². The van der Waals surface area contributed by atoms with Gasteiger partial charge in [0.25, 0.3) is 5.56 Å². The quantitative estimate of drug-likeness (QED) is 0.524. The third-order valence-electron chi connectivity index (χ3n) is 5.83. The number of benzene rings is 2. The summed E-state index contributed by atoms with van der Waals surface area (Å²) in [6.45, 7) is 6.13. The van der Waals surface area contributed by atoms with Crippen LogP contribution >= 0.6 is 11.6 Å². The lowest BCUT2D eigenvalue weighted by Crippen LogP contribution is -2.41. The molecule has 1 aliphatic heterocycles. The Balaban J connectivity index is 1.57. The first-order chi connectivity index (χ1) is 16.3. The van der Waals surface area contributed by atoms with Gasteiger partial charge in [-0.2, -0.15) is 0 Å². The number of nitrogens with one attached hydrogen (secondary N) is 1. The molecule has 0 spiro atoms. The number of piperidine rings is 1. The van der Waals surface area contributed by atoms with E-state index in [4.69, 9.17) is 21.1 Å². The molecule has 180 valence electrons. The Labute approximate surface area is 201 Å². The molecular weight excluding hydrogens is 461 g/mol. The molecule has 9 heteroatoms. The van der Waals surface area contributed by atoms with Crippen LogP contribution in [0.3, 0.4) is 0 Å². The Kier molecular flexibility index (Phi) is 7.38. The summed E-state index contributed by atoms with van der Waals surface area (Å²) in [5, 5.41) is 0.246. The second kappa shape index (κ2) is 10.4. The van der Waals surface area contributed by atoms with Gasteiger partial charge in [-0.1, -0.05) is 23.7 Å². The molecule has 2 aromatic carbocycles. The second-order valence-corrected chi connectivity index (χ2v) is 8.83. The molecule has 4 rings (SSSR count). The topological polar surface area (TPSA) is 76.6 Å². The van der Waals surface area contributed by atoms with Crippen molar-refractivity contribution in [2.75, 3.05) is 19.7 Å². The molecule has 2 heterocycles. The number of likely N-dealkylation sites (tertiary alicyclic amines) is 1. The minimum atomic E-state index is -0.483. The highest BCUT2D eigenvalue weighted by atomic mass is 35.5. The lowest BCUT2D eigenvalue weighted by Gasteiger charge is -2.34. The SMILES string of the molecule is CCOc1c(CN2CCC[C@H](n3cc(C)c(=O)[nH]c3=O)C2)cccc1Oc1cc(F)cc(Cl)c1. The predicted octanol–water partition coefficient (Wildman–Crippen LogP) is 4.67. The molecule has 1 aliphatic rings. The number of rotatable bonds is 7. The van der Waals surface area contributed by atoms with Gasteiger partial charge in [-0.15, -0.1) is 0 Å². The van der Waals surface area contributed by atoms with Crippen LogP contribution in [0.1, 0.15) is 36.9 Å². The van der Waals surface area contributed by atoms with Crippen LogP contribution in [0, 0.1) is 12.7 Å². The van der Waals surface area contributed by atoms with Crippen LogP contribution < -0.4 is 20.7 Å². The molecule has 0 bridgehead atoms. The fourth-order valence-corrected chi connectivity index (χ4v) is 4.50. The Hall–Kier alpha value is -3.10. The van der Waals surface area contributed by atoms with E-state index in [2.05, 4.69) is 9.88 Å². The van der Waals surface area contributed by atoms with Gasteiger partial charge in [0.1, 0.15) is 11.6 Å². The monoisotopic (exact) mass is 487 g/mol. The number of aryl methyl sites for hydroxylation is 1. The van der Waals surface area contributed by atoms with E-state index in [1.54, 1.807) is 29.8 Å². The summed E-state index contributed by atoms with van der Waals surface area (Å²) in [5.41, 5.74) is 0.693. The maximum Gasteiger partial charge on any atom is 0.328 e. The average Bonchev–Trinajstić information content (AvgIpc) is 2.78. The molecule has 7 nitrogen and oxygen atoms in total. The van der Waals surface area contributed by atoms with Gasteiger partial charge in [0, 0.05) is 41.5 Å². The van der Waals surface area contributed by atoms with Crippen molar-refractivity contribution in [2.24, 2.45) is 0 Å². The first-order valence-electron chi connectivity index (χ1n) is 11.3. The maximum atomic E-state index is 13.8. The van der Waals surface area contributed by atoms with Crippen LogP contribution in [-0.2, 0) is 6.54 Å². The van der Waals surface area contributed by atoms with Crippen molar-refractivity contribution in [3.8, 4) is 17.2 Å². The molecule has 0 unspecified atom stereocenters. The Bertz CT molecular complexity index is 1270. The Morgan fingerprint density at radius 1 is 1.24 bits per heavy atom. The van der Waals surface area contributed by atoms with Crippen LogP contribution in [-0.4, -0.2) is 34.1 Å². The van der Waals surface area contributed by atoms with Crippen LogP contribution in [0.5, 0.6) is 17.2 Å². The number of aromatic nitrogens is 2. The number of hydrogen-bond donors (Lipinski definition) is 1. The maximum absolute atomic E-state index is 13.8. The van der Waals surface area contributed by atoms with Crippen molar-refractivity contribution in [3.63, 3.8) is 0 Å². The summed E-state index contributed by atoms with van der Waals surface area (Å²) >= 11 is 5.97. The zero-order chi connectivity index (χ0) is 24.2. The van der Waals surface area contributed by atoms with E-state index >= 15 is 0 Å². The van der Waals surface area contributed by atoms with Crippen LogP contribution in [0.4, 0.5) is 4.39 Å². The normalized spacial score (nSPS) is 16.4. The number of halogens is 2. The van der Waals surface area contributed by atoms with Crippen molar-refractivity contribution >= 4 is 11.6 Å². The number of nitrogens with zero attached hydrogens (tertiary/aromatic N) is 2. The van der Waals surface area contributed by atoms with E-state index in [0.717, 1.165) is 24.9 Å². The van der Waals surface area contributed by atoms with Gasteiger partial charge < -0.3 is 9.47 Å². The summed E-state index contributed by atoms with van der Waals surface area (Å²) in [5.74, 6) is 0.865. The lowest BCUT2D eigenvalue weighted by molar-refractivity contribution is 0.165. The zero-order valence-corrected chi connectivity index (χ0v) is 19.9. The summed E-state index contributed by atoms with van der Waals surface area (Å²) in [4.78, 5) is 28.8. The molecule has 3 aromatic rings. The van der Waals surface area contributed by atoms with Gasteiger partial charge in [-0.05, 0) is 51.4 Å². The van der Waals surface area contributed by atoms with Crippen molar-refractivity contribution in [1.29, 1.82) is 0 Å². The zero-order valence-electron chi connectivity index (χ0n) is 19.1. The molecule has 0 radical (unpaired) electrons. The summed E-state index contributed by atoms with van der Waals surface area (Å²) in [6.07, 6.45) is 3.40. The number of ether oxygens (including phenoxy) is 2. The molecule has 1 atom stereocenters. The molecule has 0 aliphatic carbocycles. The van der Waals surface area contributed by atoms with Crippen LogP contribution in [0.25, 0.3) is 0 Å². The van der Waals surface area contributed by atoms with E-state index < -0.39 is 5.82 Å². The summed E-state index contributed by atoms with van der Waals surface area (Å²) in [7, 11) is 0. The van der Waals surface area contributed by atoms with E-state index in [1.807, 2.05) is 19.1 Å². The van der Waals surface area contributed by atoms with E-state index in [9.17, 15) is 14.0 Å². The number of hydrogen-bond acceptors (Lipinski definition) is 5. The van der Waals surface area contributed by atoms with Gasteiger partial charge >= 0.3 is 5.69 Å². The fraction of sp³-hybridized carbons (Fsp3) is 0.360. The largest absolute Gasteiger partial charge is 0.490 e. The third-order valence-corrected chi connectivity index (χ3v) is 6.05. The van der Waals surface area contributed by atoms with Crippen molar-refractivity contribution in [2.45, 2.75) is 39.3 Å². The highest BCUT2D eigenvalue weighted by Crippen LogP contribution is 2.37. The predicted molar refractivity (Wildman–Crippen MR) is 129 cm³/mol. The van der Waals surface area contributed by atoms with Gasteiger partial charge in [-0.25, -0.2) is 9.18 Å². The first kappa shape index (κ1) is 24.0. The second-order valence-electron chi connectivity index (χ2n) is 8.39. The van der Waals surface area contributed by atoms with E-state index in [0.29, 0.717) is 36.8 Å². The molecule has 1 aromatic heterocycles.